The molecule has 7 rings (SSSR count). The Hall–Kier alpha value is -5.36. The first-order valence-electron chi connectivity index (χ1n) is 13.0. The van der Waals surface area contributed by atoms with Gasteiger partial charge in [0.05, 0.1) is 11.4 Å². The number of hydrogen-bond donors (Lipinski definition) is 0. The van der Waals surface area contributed by atoms with E-state index in [4.69, 9.17) is 0 Å². The number of carbonyl (C=O) groups is 4. The molecule has 3 aliphatic rings. The molecule has 0 bridgehead atoms. The summed E-state index contributed by atoms with van der Waals surface area (Å²) >= 11 is 0. The second-order valence-corrected chi connectivity index (χ2v) is 9.90. The molecule has 1 aliphatic carbocycles. The van der Waals surface area contributed by atoms with Gasteiger partial charge in [0, 0.05) is 33.0 Å². The Balaban J connectivity index is 1.31. The minimum absolute atomic E-state index is 0.282. The van der Waals surface area contributed by atoms with Crippen LogP contribution in [-0.2, 0) is 0 Å². The van der Waals surface area contributed by atoms with Crippen molar-refractivity contribution in [2.75, 3.05) is 9.80 Å². The number of anilines is 2. The van der Waals surface area contributed by atoms with E-state index >= 15 is 0 Å². The van der Waals surface area contributed by atoms with Gasteiger partial charge in [-0.3, -0.25) is 19.2 Å². The highest BCUT2D eigenvalue weighted by Crippen LogP contribution is 2.40. The molecule has 4 aromatic carbocycles. The highest BCUT2D eigenvalue weighted by molar-refractivity contribution is 6.42. The van der Waals surface area contributed by atoms with E-state index in [1.165, 1.54) is 0 Å². The van der Waals surface area contributed by atoms with Crippen LogP contribution in [0, 0.1) is 0 Å². The van der Waals surface area contributed by atoms with Gasteiger partial charge in [0.2, 0.25) is 0 Å². The molecule has 0 N–H and O–H groups in total. The van der Waals surface area contributed by atoms with Crippen molar-refractivity contribution >= 4 is 57.4 Å². The standard InChI is InChI=1S/C34H22N2O4/c1-2-5-20-8-12-23(13-9-20)35-31(37)25-16-18-27-30-28(19-17-26(29(25)30)32(35)38)34(40)36(33(27)39)24-14-10-22(11-15-24)21-6-3-4-7-21/h2-3,5-19H,4H2,1H3/b5-2+. The predicted molar refractivity (Wildman–Crippen MR) is 156 cm³/mol. The molecular weight excluding hydrogens is 500 g/mol. The third kappa shape index (κ3) is 3.36. The van der Waals surface area contributed by atoms with Gasteiger partial charge < -0.3 is 0 Å². The summed E-state index contributed by atoms with van der Waals surface area (Å²) < 4.78 is 0. The summed E-state index contributed by atoms with van der Waals surface area (Å²) in [5.74, 6) is -1.96. The molecule has 0 saturated heterocycles. The summed E-state index contributed by atoms with van der Waals surface area (Å²) in [6, 6.07) is 20.8. The Kier molecular flexibility index (Phi) is 5.25. The first-order valence-corrected chi connectivity index (χ1v) is 13.0. The monoisotopic (exact) mass is 522 g/mol. The Morgan fingerprint density at radius 2 is 1.05 bits per heavy atom. The second kappa shape index (κ2) is 8.85. The number of carbonyl (C=O) groups excluding carboxylic acids is 4. The van der Waals surface area contributed by atoms with Crippen molar-refractivity contribution in [1.29, 1.82) is 0 Å². The van der Waals surface area contributed by atoms with Crippen LogP contribution in [0.2, 0.25) is 0 Å². The zero-order chi connectivity index (χ0) is 27.5. The molecule has 0 spiro atoms. The van der Waals surface area contributed by atoms with Crippen LogP contribution in [0.5, 0.6) is 0 Å². The maximum atomic E-state index is 13.7. The lowest BCUT2D eigenvalue weighted by Gasteiger charge is -2.32. The molecule has 0 fully saturated rings. The van der Waals surface area contributed by atoms with Gasteiger partial charge in [-0.1, -0.05) is 54.6 Å². The van der Waals surface area contributed by atoms with Gasteiger partial charge in [-0.05, 0) is 78.6 Å². The van der Waals surface area contributed by atoms with Crippen molar-refractivity contribution in [3.8, 4) is 0 Å². The fraction of sp³-hybridized carbons (Fsp3) is 0.0588. The van der Waals surface area contributed by atoms with E-state index in [1.807, 2.05) is 49.4 Å². The molecule has 2 heterocycles. The van der Waals surface area contributed by atoms with Crippen LogP contribution in [0.15, 0.2) is 97.1 Å². The summed E-state index contributed by atoms with van der Waals surface area (Å²) in [5, 5.41) is 0.701. The fourth-order valence-corrected chi connectivity index (χ4v) is 5.75. The average Bonchev–Trinajstić information content (AvgIpc) is 3.52. The molecule has 6 heteroatoms. The number of allylic oxidation sites excluding steroid dienone is 5. The van der Waals surface area contributed by atoms with E-state index in [-0.39, 0.29) is 22.3 Å². The third-order valence-electron chi connectivity index (χ3n) is 7.64. The average molecular weight is 523 g/mol. The number of nitrogens with zero attached hydrogens (tertiary/aromatic N) is 2. The Bertz CT molecular complexity index is 1820. The number of rotatable bonds is 4. The lowest BCUT2D eigenvalue weighted by Crippen LogP contribution is -2.43. The van der Waals surface area contributed by atoms with Gasteiger partial charge >= 0.3 is 0 Å². The molecule has 0 atom stereocenters. The van der Waals surface area contributed by atoms with Gasteiger partial charge in [0.15, 0.2) is 0 Å². The highest BCUT2D eigenvalue weighted by atomic mass is 16.2. The van der Waals surface area contributed by atoms with Gasteiger partial charge in [0.1, 0.15) is 0 Å². The van der Waals surface area contributed by atoms with Crippen LogP contribution in [0.4, 0.5) is 11.4 Å². The maximum Gasteiger partial charge on any atom is 0.265 e. The predicted octanol–water partition coefficient (Wildman–Crippen LogP) is 6.82. The van der Waals surface area contributed by atoms with E-state index in [2.05, 4.69) is 12.2 Å². The van der Waals surface area contributed by atoms with E-state index in [1.54, 1.807) is 48.5 Å². The van der Waals surface area contributed by atoms with Crippen LogP contribution in [0.3, 0.4) is 0 Å². The fourth-order valence-electron chi connectivity index (χ4n) is 5.75. The minimum Gasteiger partial charge on any atom is -0.268 e. The van der Waals surface area contributed by atoms with E-state index in [0.717, 1.165) is 32.9 Å². The number of amides is 4. The molecule has 6 nitrogen and oxygen atoms in total. The quantitative estimate of drug-likeness (QED) is 0.276. The molecule has 4 amide bonds. The Labute approximate surface area is 230 Å². The molecule has 0 radical (unpaired) electrons. The van der Waals surface area contributed by atoms with Gasteiger partial charge in [-0.25, -0.2) is 9.80 Å². The molecule has 192 valence electrons. The summed E-state index contributed by atoms with van der Waals surface area (Å²) in [7, 11) is 0. The van der Waals surface area contributed by atoms with Crippen molar-refractivity contribution in [3.63, 3.8) is 0 Å². The smallest absolute Gasteiger partial charge is 0.265 e. The summed E-state index contributed by atoms with van der Waals surface area (Å²) in [5.41, 5.74) is 5.10. The Morgan fingerprint density at radius 1 is 0.600 bits per heavy atom. The Morgan fingerprint density at radius 3 is 1.45 bits per heavy atom. The van der Waals surface area contributed by atoms with Crippen molar-refractivity contribution in [3.05, 3.63) is 130 Å². The first-order chi connectivity index (χ1) is 19.5. The van der Waals surface area contributed by atoms with Crippen LogP contribution < -0.4 is 9.80 Å². The number of imide groups is 2. The molecule has 0 aromatic heterocycles. The van der Waals surface area contributed by atoms with E-state index in [0.29, 0.717) is 22.1 Å². The normalized spacial score (nSPS) is 16.1. The highest BCUT2D eigenvalue weighted by Gasteiger charge is 2.40. The van der Waals surface area contributed by atoms with Gasteiger partial charge in [-0.15, -0.1) is 0 Å². The molecular formula is C34H22N2O4. The van der Waals surface area contributed by atoms with Crippen molar-refractivity contribution < 1.29 is 19.2 Å². The van der Waals surface area contributed by atoms with Crippen LogP contribution in [0.1, 0.15) is 65.9 Å². The number of hydrogen-bond acceptors (Lipinski definition) is 4. The maximum absolute atomic E-state index is 13.7. The minimum atomic E-state index is -0.492. The van der Waals surface area contributed by atoms with Crippen molar-refractivity contribution in [2.45, 2.75) is 13.3 Å². The van der Waals surface area contributed by atoms with Gasteiger partial charge in [-0.2, -0.15) is 0 Å². The molecule has 4 aromatic rings. The topological polar surface area (TPSA) is 74.8 Å². The van der Waals surface area contributed by atoms with Crippen LogP contribution >= 0.6 is 0 Å². The van der Waals surface area contributed by atoms with Crippen LogP contribution in [-0.4, -0.2) is 23.6 Å². The molecule has 2 aliphatic heterocycles. The summed E-state index contributed by atoms with van der Waals surface area (Å²) in [6.07, 6.45) is 11.0. The second-order valence-electron chi connectivity index (χ2n) is 9.90. The zero-order valence-electron chi connectivity index (χ0n) is 21.5. The SMILES string of the molecule is C/C=C/c1ccc(N2C(=O)c3ccc4c5c(ccc(c35)C2=O)C(=O)N(c2ccc(C3=CCC=C3)cc2)C4=O)cc1. The van der Waals surface area contributed by atoms with E-state index < -0.39 is 23.6 Å². The largest absolute Gasteiger partial charge is 0.268 e. The number of benzene rings is 4. The third-order valence-corrected chi connectivity index (χ3v) is 7.64. The zero-order valence-corrected chi connectivity index (χ0v) is 21.5. The van der Waals surface area contributed by atoms with Crippen molar-refractivity contribution in [1.82, 2.24) is 0 Å². The molecule has 0 unspecified atom stereocenters. The molecule has 40 heavy (non-hydrogen) atoms. The molecule has 0 saturated carbocycles. The lowest BCUT2D eigenvalue weighted by molar-refractivity contribution is 0.0873. The van der Waals surface area contributed by atoms with Crippen LogP contribution in [0.25, 0.3) is 22.4 Å². The lowest BCUT2D eigenvalue weighted by atomic mass is 9.85. The summed E-state index contributed by atoms with van der Waals surface area (Å²) in [4.78, 5) is 57.0. The van der Waals surface area contributed by atoms with E-state index in [9.17, 15) is 19.2 Å². The summed E-state index contributed by atoms with van der Waals surface area (Å²) in [6.45, 7) is 1.91. The van der Waals surface area contributed by atoms with Crippen molar-refractivity contribution in [2.24, 2.45) is 0 Å². The van der Waals surface area contributed by atoms with Gasteiger partial charge in [0.25, 0.3) is 23.6 Å². The first kappa shape index (κ1) is 23.7.